The third kappa shape index (κ3) is 5.09. The van der Waals surface area contributed by atoms with Crippen molar-refractivity contribution in [3.05, 3.63) is 29.8 Å². The topological polar surface area (TPSA) is 71.3 Å². The number of hydrogen-bond donors (Lipinski definition) is 1. The molecule has 0 heterocycles. The van der Waals surface area contributed by atoms with Crippen LogP contribution in [-0.4, -0.2) is 31.8 Å². The average molecular weight is 288 g/mol. The number of benzene rings is 1. The van der Waals surface area contributed by atoms with Gasteiger partial charge in [0.2, 0.25) is 0 Å². The Morgan fingerprint density at radius 3 is 2.86 bits per heavy atom. The van der Waals surface area contributed by atoms with E-state index in [2.05, 4.69) is 5.32 Å². The Morgan fingerprint density at radius 1 is 1.33 bits per heavy atom. The number of nitriles is 1. The quantitative estimate of drug-likeness (QED) is 0.779. The van der Waals surface area contributed by atoms with Gasteiger partial charge in [0.25, 0.3) is 5.91 Å². The van der Waals surface area contributed by atoms with E-state index in [1.54, 1.807) is 24.3 Å². The summed E-state index contributed by atoms with van der Waals surface area (Å²) in [6, 6.07) is 8.88. The largest absolute Gasteiger partial charge is 0.482 e. The summed E-state index contributed by atoms with van der Waals surface area (Å²) in [6.45, 7) is 0.923. The second kappa shape index (κ2) is 8.28. The normalized spacial score (nSPS) is 14.6. The smallest absolute Gasteiger partial charge is 0.258 e. The molecule has 0 unspecified atom stereocenters. The molecule has 0 bridgehead atoms. The molecule has 21 heavy (non-hydrogen) atoms. The molecule has 0 aromatic heterocycles. The minimum atomic E-state index is -0.210. The number of nitrogens with zero attached hydrogens (tertiary/aromatic N) is 1. The number of para-hydroxylation sites is 1. The van der Waals surface area contributed by atoms with Crippen LogP contribution in [0.5, 0.6) is 5.75 Å². The fraction of sp³-hybridized carbons (Fsp3) is 0.500. The van der Waals surface area contributed by atoms with Crippen molar-refractivity contribution in [1.29, 1.82) is 5.26 Å². The molecule has 1 fully saturated rings. The van der Waals surface area contributed by atoms with Crippen LogP contribution in [0.4, 0.5) is 0 Å². The van der Waals surface area contributed by atoms with E-state index in [9.17, 15) is 4.79 Å². The van der Waals surface area contributed by atoms with Crippen LogP contribution in [0.2, 0.25) is 0 Å². The van der Waals surface area contributed by atoms with Crippen LogP contribution in [0, 0.1) is 11.3 Å². The lowest BCUT2D eigenvalue weighted by molar-refractivity contribution is -0.123. The van der Waals surface area contributed by atoms with Gasteiger partial charge in [-0.05, 0) is 25.0 Å². The van der Waals surface area contributed by atoms with Crippen molar-refractivity contribution in [1.82, 2.24) is 5.32 Å². The van der Waals surface area contributed by atoms with Crippen LogP contribution in [0.3, 0.4) is 0 Å². The fourth-order valence-electron chi connectivity index (χ4n) is 2.35. The molecule has 0 atom stereocenters. The molecule has 2 rings (SSSR count). The summed E-state index contributed by atoms with van der Waals surface area (Å²) in [5.74, 6) is 0.218. The Labute approximate surface area is 124 Å². The molecule has 1 aromatic carbocycles. The lowest BCUT2D eigenvalue weighted by Gasteiger charge is -2.12. The number of amides is 1. The molecular formula is C16H20N2O3. The highest BCUT2D eigenvalue weighted by Gasteiger charge is 2.14. The molecule has 1 amide bonds. The Morgan fingerprint density at radius 2 is 2.10 bits per heavy atom. The maximum atomic E-state index is 11.6. The lowest BCUT2D eigenvalue weighted by atomic mass is 10.2. The van der Waals surface area contributed by atoms with Crippen LogP contribution in [-0.2, 0) is 9.53 Å². The molecule has 0 aliphatic heterocycles. The molecule has 0 saturated heterocycles. The van der Waals surface area contributed by atoms with Gasteiger partial charge in [0.15, 0.2) is 6.61 Å². The number of hydrogen-bond acceptors (Lipinski definition) is 4. The third-order valence-electron chi connectivity index (χ3n) is 3.45. The summed E-state index contributed by atoms with van der Waals surface area (Å²) >= 11 is 0. The molecule has 5 heteroatoms. The number of carbonyl (C=O) groups excluding carboxylic acids is 1. The Kier molecular flexibility index (Phi) is 6.04. The number of rotatable bonds is 7. The van der Waals surface area contributed by atoms with Gasteiger partial charge in [0.1, 0.15) is 11.8 Å². The van der Waals surface area contributed by atoms with Crippen molar-refractivity contribution in [2.24, 2.45) is 0 Å². The van der Waals surface area contributed by atoms with Gasteiger partial charge in [-0.1, -0.05) is 25.0 Å². The second-order valence-electron chi connectivity index (χ2n) is 5.02. The summed E-state index contributed by atoms with van der Waals surface area (Å²) in [5, 5.41) is 11.7. The molecule has 1 aliphatic carbocycles. The molecule has 1 N–H and O–H groups in total. The van der Waals surface area contributed by atoms with Crippen molar-refractivity contribution in [2.75, 3.05) is 19.8 Å². The minimum absolute atomic E-state index is 0.0951. The van der Waals surface area contributed by atoms with Gasteiger partial charge in [-0.2, -0.15) is 5.26 Å². The van der Waals surface area contributed by atoms with Crippen LogP contribution in [0.25, 0.3) is 0 Å². The van der Waals surface area contributed by atoms with Crippen molar-refractivity contribution in [3.8, 4) is 11.8 Å². The van der Waals surface area contributed by atoms with Crippen molar-refractivity contribution < 1.29 is 14.3 Å². The summed E-state index contributed by atoms with van der Waals surface area (Å²) in [6.07, 6.45) is 5.09. The highest BCUT2D eigenvalue weighted by atomic mass is 16.5. The maximum Gasteiger partial charge on any atom is 0.258 e. The zero-order valence-corrected chi connectivity index (χ0v) is 12.0. The Balaban J connectivity index is 1.62. The van der Waals surface area contributed by atoms with Gasteiger partial charge >= 0.3 is 0 Å². The van der Waals surface area contributed by atoms with E-state index in [1.807, 2.05) is 6.07 Å². The minimum Gasteiger partial charge on any atom is -0.482 e. The van der Waals surface area contributed by atoms with Gasteiger partial charge < -0.3 is 14.8 Å². The maximum absolute atomic E-state index is 11.6. The molecule has 1 saturated carbocycles. The number of ether oxygens (including phenoxy) is 2. The van der Waals surface area contributed by atoms with Gasteiger partial charge in [-0.25, -0.2) is 0 Å². The fourth-order valence-corrected chi connectivity index (χ4v) is 2.35. The van der Waals surface area contributed by atoms with Gasteiger partial charge in [0.05, 0.1) is 18.3 Å². The van der Waals surface area contributed by atoms with E-state index >= 15 is 0 Å². The van der Waals surface area contributed by atoms with E-state index in [0.29, 0.717) is 30.6 Å². The molecule has 0 spiro atoms. The van der Waals surface area contributed by atoms with Crippen molar-refractivity contribution in [3.63, 3.8) is 0 Å². The predicted octanol–water partition coefficient (Wildman–Crippen LogP) is 2.01. The lowest BCUT2D eigenvalue weighted by Crippen LogP contribution is -2.32. The number of nitrogens with one attached hydrogen (secondary N) is 1. The standard InChI is InChI=1S/C16H20N2O3/c17-11-13-5-1-4-8-15(13)21-12-16(19)18-9-10-20-14-6-2-3-7-14/h1,4-5,8,14H,2-3,6-7,9-10,12H2,(H,18,19). The van der Waals surface area contributed by atoms with Crippen LogP contribution >= 0.6 is 0 Å². The van der Waals surface area contributed by atoms with Gasteiger partial charge in [-0.15, -0.1) is 0 Å². The average Bonchev–Trinajstić information content (AvgIpc) is 3.03. The number of carbonyl (C=O) groups is 1. The van der Waals surface area contributed by atoms with Crippen LogP contribution in [0.1, 0.15) is 31.2 Å². The molecule has 1 aliphatic rings. The van der Waals surface area contributed by atoms with E-state index < -0.39 is 0 Å². The highest BCUT2D eigenvalue weighted by Crippen LogP contribution is 2.20. The third-order valence-corrected chi connectivity index (χ3v) is 3.45. The molecule has 112 valence electrons. The van der Waals surface area contributed by atoms with Gasteiger partial charge in [0, 0.05) is 6.54 Å². The first-order valence-electron chi connectivity index (χ1n) is 7.30. The first-order valence-corrected chi connectivity index (χ1v) is 7.30. The van der Waals surface area contributed by atoms with E-state index in [-0.39, 0.29) is 12.5 Å². The Hall–Kier alpha value is -2.06. The zero-order chi connectivity index (χ0) is 14.9. The molecule has 0 radical (unpaired) electrons. The SMILES string of the molecule is N#Cc1ccccc1OCC(=O)NCCOC1CCCC1. The van der Waals surface area contributed by atoms with E-state index in [1.165, 1.54) is 12.8 Å². The van der Waals surface area contributed by atoms with E-state index in [4.69, 9.17) is 14.7 Å². The summed E-state index contributed by atoms with van der Waals surface area (Å²) in [5.41, 5.74) is 0.426. The van der Waals surface area contributed by atoms with E-state index in [0.717, 1.165) is 12.8 Å². The molecule has 5 nitrogen and oxygen atoms in total. The first-order chi connectivity index (χ1) is 10.3. The first kappa shape index (κ1) is 15.3. The second-order valence-corrected chi connectivity index (χ2v) is 5.02. The highest BCUT2D eigenvalue weighted by molar-refractivity contribution is 5.77. The Bertz CT molecular complexity index is 504. The molecular weight excluding hydrogens is 268 g/mol. The van der Waals surface area contributed by atoms with Crippen molar-refractivity contribution in [2.45, 2.75) is 31.8 Å². The van der Waals surface area contributed by atoms with Gasteiger partial charge in [-0.3, -0.25) is 4.79 Å². The van der Waals surface area contributed by atoms with Crippen molar-refractivity contribution >= 4 is 5.91 Å². The van der Waals surface area contributed by atoms with Crippen LogP contribution < -0.4 is 10.1 Å². The monoisotopic (exact) mass is 288 g/mol. The predicted molar refractivity (Wildman–Crippen MR) is 77.9 cm³/mol. The van der Waals surface area contributed by atoms with Crippen LogP contribution in [0.15, 0.2) is 24.3 Å². The molecule has 1 aromatic rings. The summed E-state index contributed by atoms with van der Waals surface area (Å²) < 4.78 is 11.0. The summed E-state index contributed by atoms with van der Waals surface area (Å²) in [7, 11) is 0. The zero-order valence-electron chi connectivity index (χ0n) is 12.0. The summed E-state index contributed by atoms with van der Waals surface area (Å²) in [4.78, 5) is 11.6.